The molecule has 1 aliphatic carbocycles. The summed E-state index contributed by atoms with van der Waals surface area (Å²) in [7, 11) is 0. The second kappa shape index (κ2) is 10.1. The Morgan fingerprint density at radius 3 is 2.83 bits per heavy atom. The van der Waals surface area contributed by atoms with E-state index < -0.39 is 6.10 Å². The number of imidazole rings is 1. The highest BCUT2D eigenvalue weighted by molar-refractivity contribution is 5.50. The molecule has 4 nitrogen and oxygen atoms in total. The standard InChI is InChI=1S/C25H28N2O2/c1-19-17-23(18-27-15-14-26-25(27)20(2)29)11-13-24(19)12-10-22-6-3-5-21(8-9-22)7-4-16-28/h5-6,8-9,11,13-15,17,20,28-29H,3-4,7,16,18H2,1-2H3. The Morgan fingerprint density at radius 1 is 1.21 bits per heavy atom. The molecular weight excluding hydrogens is 360 g/mol. The van der Waals surface area contributed by atoms with Crippen molar-refractivity contribution in [2.45, 2.75) is 45.8 Å². The summed E-state index contributed by atoms with van der Waals surface area (Å²) in [6.07, 6.45) is 14.1. The largest absolute Gasteiger partial charge is 0.396 e. The molecule has 1 aromatic carbocycles. The van der Waals surface area contributed by atoms with Crippen molar-refractivity contribution in [1.82, 2.24) is 9.55 Å². The summed E-state index contributed by atoms with van der Waals surface area (Å²) in [4.78, 5) is 4.22. The summed E-state index contributed by atoms with van der Waals surface area (Å²) in [6.45, 7) is 4.69. The number of hydrogen-bond donors (Lipinski definition) is 2. The fraction of sp³-hybridized carbons (Fsp3) is 0.320. The van der Waals surface area contributed by atoms with Gasteiger partial charge in [-0.2, -0.15) is 0 Å². The Hall–Kier alpha value is -2.87. The first-order valence-corrected chi connectivity index (χ1v) is 10.1. The second-order valence-electron chi connectivity index (χ2n) is 7.32. The van der Waals surface area contributed by atoms with Gasteiger partial charge in [0.25, 0.3) is 0 Å². The van der Waals surface area contributed by atoms with E-state index >= 15 is 0 Å². The number of aryl methyl sites for hydroxylation is 1. The number of aliphatic hydroxyl groups excluding tert-OH is 2. The van der Waals surface area contributed by atoms with Gasteiger partial charge in [-0.3, -0.25) is 0 Å². The van der Waals surface area contributed by atoms with Gasteiger partial charge >= 0.3 is 0 Å². The zero-order valence-electron chi connectivity index (χ0n) is 17.1. The van der Waals surface area contributed by atoms with Crippen molar-refractivity contribution in [2.24, 2.45) is 0 Å². The highest BCUT2D eigenvalue weighted by Gasteiger charge is 2.09. The Morgan fingerprint density at radius 2 is 2.07 bits per heavy atom. The first kappa shape index (κ1) is 20.9. The van der Waals surface area contributed by atoms with Crippen LogP contribution in [0.5, 0.6) is 0 Å². The lowest BCUT2D eigenvalue weighted by molar-refractivity contribution is 0.184. The number of hydrogen-bond acceptors (Lipinski definition) is 3. The van der Waals surface area contributed by atoms with E-state index in [1.807, 2.05) is 10.8 Å². The van der Waals surface area contributed by atoms with E-state index in [1.165, 1.54) is 5.57 Å². The van der Waals surface area contributed by atoms with E-state index in [0.29, 0.717) is 12.4 Å². The summed E-state index contributed by atoms with van der Waals surface area (Å²) in [5.74, 6) is 7.24. The van der Waals surface area contributed by atoms with Gasteiger partial charge in [0.2, 0.25) is 0 Å². The first-order chi connectivity index (χ1) is 14.1. The van der Waals surface area contributed by atoms with Crippen LogP contribution < -0.4 is 0 Å². The minimum Gasteiger partial charge on any atom is -0.396 e. The van der Waals surface area contributed by atoms with Crippen LogP contribution in [0.3, 0.4) is 0 Å². The molecule has 1 heterocycles. The molecule has 1 atom stereocenters. The van der Waals surface area contributed by atoms with Gasteiger partial charge in [0.05, 0.1) is 0 Å². The van der Waals surface area contributed by atoms with Crippen molar-refractivity contribution >= 4 is 0 Å². The molecule has 1 aromatic heterocycles. The van der Waals surface area contributed by atoms with Gasteiger partial charge in [-0.15, -0.1) is 0 Å². The second-order valence-corrected chi connectivity index (χ2v) is 7.32. The molecule has 1 aliphatic rings. The highest BCUT2D eigenvalue weighted by Crippen LogP contribution is 2.17. The predicted molar refractivity (Wildman–Crippen MR) is 116 cm³/mol. The third-order valence-corrected chi connectivity index (χ3v) is 4.92. The summed E-state index contributed by atoms with van der Waals surface area (Å²) < 4.78 is 1.97. The van der Waals surface area contributed by atoms with Crippen LogP contribution in [0.2, 0.25) is 0 Å². The van der Waals surface area contributed by atoms with Crippen LogP contribution in [0, 0.1) is 18.8 Å². The van der Waals surface area contributed by atoms with Crippen molar-refractivity contribution < 1.29 is 10.2 Å². The average Bonchev–Trinajstić information content (AvgIpc) is 3.04. The van der Waals surface area contributed by atoms with Gasteiger partial charge < -0.3 is 14.8 Å². The minimum absolute atomic E-state index is 0.224. The van der Waals surface area contributed by atoms with Crippen molar-refractivity contribution in [3.63, 3.8) is 0 Å². The maximum absolute atomic E-state index is 9.82. The smallest absolute Gasteiger partial charge is 0.137 e. The molecule has 0 radical (unpaired) electrons. The van der Waals surface area contributed by atoms with Gasteiger partial charge in [0, 0.05) is 36.7 Å². The molecule has 2 N–H and O–H groups in total. The summed E-state index contributed by atoms with van der Waals surface area (Å²) in [5, 5.41) is 18.8. The zero-order valence-corrected chi connectivity index (χ0v) is 17.1. The molecule has 150 valence electrons. The van der Waals surface area contributed by atoms with Crippen LogP contribution in [0.4, 0.5) is 0 Å². The summed E-state index contributed by atoms with van der Waals surface area (Å²) >= 11 is 0. The molecule has 4 heteroatoms. The van der Waals surface area contributed by atoms with Gasteiger partial charge in [0.15, 0.2) is 0 Å². The Kier molecular flexibility index (Phi) is 7.24. The zero-order chi connectivity index (χ0) is 20.6. The molecule has 0 fully saturated rings. The molecule has 2 aromatic rings. The molecule has 0 bridgehead atoms. The SMILES string of the molecule is Cc1cc(Cn2ccnc2C(C)O)ccc1C#CC1=CCC=C(CCCO)C=C1. The summed E-state index contributed by atoms with van der Waals surface area (Å²) in [5.41, 5.74) is 5.57. The van der Waals surface area contributed by atoms with Gasteiger partial charge in [-0.1, -0.05) is 47.8 Å². The monoisotopic (exact) mass is 388 g/mol. The van der Waals surface area contributed by atoms with Crippen molar-refractivity contribution in [2.75, 3.05) is 6.61 Å². The quantitative estimate of drug-likeness (QED) is 0.728. The maximum Gasteiger partial charge on any atom is 0.137 e. The van der Waals surface area contributed by atoms with Crippen molar-refractivity contribution in [3.05, 3.63) is 88.6 Å². The normalized spacial score (nSPS) is 14.5. The molecule has 1 unspecified atom stereocenters. The molecule has 0 saturated heterocycles. The number of aliphatic hydroxyl groups is 2. The molecule has 29 heavy (non-hydrogen) atoms. The summed E-state index contributed by atoms with van der Waals surface area (Å²) in [6, 6.07) is 6.28. The van der Waals surface area contributed by atoms with Gasteiger partial charge in [0.1, 0.15) is 11.9 Å². The van der Waals surface area contributed by atoms with Crippen molar-refractivity contribution in [3.8, 4) is 11.8 Å². The third kappa shape index (κ3) is 5.80. The lowest BCUT2D eigenvalue weighted by Crippen LogP contribution is -2.07. The van der Waals surface area contributed by atoms with E-state index in [2.05, 4.69) is 66.3 Å². The van der Waals surface area contributed by atoms with E-state index in [4.69, 9.17) is 5.11 Å². The lowest BCUT2D eigenvalue weighted by atomic mass is 10.0. The first-order valence-electron chi connectivity index (χ1n) is 10.1. The van der Waals surface area contributed by atoms with E-state index in [0.717, 1.165) is 41.5 Å². The molecule has 0 saturated carbocycles. The number of rotatable bonds is 6. The number of allylic oxidation sites excluding steroid dienone is 6. The minimum atomic E-state index is -0.587. The van der Waals surface area contributed by atoms with Gasteiger partial charge in [-0.25, -0.2) is 4.98 Å². The van der Waals surface area contributed by atoms with Crippen LogP contribution >= 0.6 is 0 Å². The number of nitrogens with zero attached hydrogens (tertiary/aromatic N) is 2. The maximum atomic E-state index is 9.82. The van der Waals surface area contributed by atoms with Crippen molar-refractivity contribution in [1.29, 1.82) is 0 Å². The topological polar surface area (TPSA) is 58.3 Å². The van der Waals surface area contributed by atoms with E-state index in [-0.39, 0.29) is 6.61 Å². The van der Waals surface area contributed by atoms with Crippen LogP contribution in [-0.2, 0) is 6.54 Å². The van der Waals surface area contributed by atoms with Crippen LogP contribution in [0.1, 0.15) is 54.8 Å². The molecular formula is C25H28N2O2. The lowest BCUT2D eigenvalue weighted by Gasteiger charge is -2.11. The molecule has 0 aliphatic heterocycles. The average molecular weight is 389 g/mol. The molecule has 0 spiro atoms. The number of aromatic nitrogens is 2. The van der Waals surface area contributed by atoms with Crippen LogP contribution in [-0.4, -0.2) is 26.4 Å². The highest BCUT2D eigenvalue weighted by atomic mass is 16.3. The Balaban J connectivity index is 1.69. The third-order valence-electron chi connectivity index (χ3n) is 4.92. The Bertz CT molecular complexity index is 997. The molecule has 0 amide bonds. The van der Waals surface area contributed by atoms with Crippen LogP contribution in [0.25, 0.3) is 0 Å². The Labute approximate surface area is 172 Å². The predicted octanol–water partition coefficient (Wildman–Crippen LogP) is 4.23. The number of benzene rings is 1. The fourth-order valence-corrected chi connectivity index (χ4v) is 3.35. The van der Waals surface area contributed by atoms with Gasteiger partial charge in [-0.05, 0) is 56.4 Å². The fourth-order valence-electron chi connectivity index (χ4n) is 3.35. The van der Waals surface area contributed by atoms with E-state index in [9.17, 15) is 5.11 Å². The molecule has 3 rings (SSSR count). The van der Waals surface area contributed by atoms with E-state index in [1.54, 1.807) is 13.1 Å². The van der Waals surface area contributed by atoms with Crippen LogP contribution in [0.15, 0.2) is 66.0 Å².